The first-order valence-electron chi connectivity index (χ1n) is 10.1. The number of rotatable bonds is 7. The van der Waals surface area contributed by atoms with Crippen LogP contribution < -0.4 is 4.80 Å². The number of nitro groups is 1. The average Bonchev–Trinajstić information content (AvgIpc) is 3.36. The fourth-order valence-electron chi connectivity index (χ4n) is 3.68. The van der Waals surface area contributed by atoms with Crippen LogP contribution in [-0.4, -0.2) is 33.4 Å². The lowest BCUT2D eigenvalue weighted by Crippen LogP contribution is -2.27. The molecule has 10 heteroatoms. The maximum Gasteiger partial charge on any atom is 0.270 e. The zero-order valence-electron chi connectivity index (χ0n) is 17.0. The molecule has 0 atom stereocenters. The molecule has 32 heavy (non-hydrogen) atoms. The molecule has 2 aromatic carbocycles. The van der Waals surface area contributed by atoms with Crippen molar-refractivity contribution in [1.82, 2.24) is 9.47 Å². The van der Waals surface area contributed by atoms with E-state index in [4.69, 9.17) is 0 Å². The number of likely N-dealkylation sites (tertiary alicyclic amines) is 1. The third-order valence-corrected chi connectivity index (χ3v) is 6.12. The standard InChI is InChI=1S/C22H20F2N4O3S/c23-16-7-8-19(18(24)13-16)25-22-27(11-3-10-26-9-2-6-21(26)29)20(14-32-22)15-4-1-5-17(12-15)28(30)31/h1,4-5,7-8,12-14H,2-3,6,9-11H2. The summed E-state index contributed by atoms with van der Waals surface area (Å²) in [6, 6.07) is 9.44. The van der Waals surface area contributed by atoms with Crippen LogP contribution in [0.2, 0.25) is 0 Å². The van der Waals surface area contributed by atoms with Crippen molar-refractivity contribution in [3.05, 3.63) is 74.4 Å². The monoisotopic (exact) mass is 458 g/mol. The topological polar surface area (TPSA) is 80.7 Å². The number of halogens is 2. The van der Waals surface area contributed by atoms with Crippen LogP contribution in [0.15, 0.2) is 52.8 Å². The van der Waals surface area contributed by atoms with Gasteiger partial charge in [-0.1, -0.05) is 12.1 Å². The second kappa shape index (κ2) is 9.39. The minimum atomic E-state index is -0.774. The first kappa shape index (κ1) is 21.8. The maximum atomic E-state index is 14.2. The SMILES string of the molecule is O=C1CCCN1CCCn1c(-c2cccc([N+](=O)[O-])c2)csc1=Nc1ccc(F)cc1F. The highest BCUT2D eigenvalue weighted by Gasteiger charge is 2.20. The molecule has 0 saturated carbocycles. The van der Waals surface area contributed by atoms with Gasteiger partial charge in [0, 0.05) is 55.2 Å². The molecule has 1 amide bonds. The third kappa shape index (κ3) is 4.75. The maximum absolute atomic E-state index is 14.2. The number of non-ortho nitro benzene ring substituents is 1. The highest BCUT2D eigenvalue weighted by Crippen LogP contribution is 2.26. The van der Waals surface area contributed by atoms with E-state index in [-0.39, 0.29) is 17.3 Å². The van der Waals surface area contributed by atoms with Crippen LogP contribution in [0.25, 0.3) is 11.3 Å². The zero-order chi connectivity index (χ0) is 22.7. The predicted octanol–water partition coefficient (Wildman–Crippen LogP) is 4.65. The van der Waals surface area contributed by atoms with Gasteiger partial charge in [-0.05, 0) is 25.0 Å². The van der Waals surface area contributed by atoms with E-state index in [1.54, 1.807) is 17.5 Å². The number of carbonyl (C=O) groups excluding carboxylic acids is 1. The van der Waals surface area contributed by atoms with Gasteiger partial charge in [0.05, 0.1) is 10.6 Å². The first-order valence-corrected chi connectivity index (χ1v) is 11.0. The highest BCUT2D eigenvalue weighted by atomic mass is 32.1. The number of hydrogen-bond acceptors (Lipinski definition) is 5. The van der Waals surface area contributed by atoms with E-state index in [1.165, 1.54) is 29.5 Å². The van der Waals surface area contributed by atoms with E-state index in [1.807, 2.05) is 9.47 Å². The summed E-state index contributed by atoms with van der Waals surface area (Å²) in [4.78, 5) is 29.3. The summed E-state index contributed by atoms with van der Waals surface area (Å²) in [5.41, 5.74) is 1.30. The van der Waals surface area contributed by atoms with Crippen LogP contribution in [-0.2, 0) is 11.3 Å². The Kier molecular flexibility index (Phi) is 6.40. The Morgan fingerprint density at radius 1 is 1.16 bits per heavy atom. The Morgan fingerprint density at radius 3 is 2.72 bits per heavy atom. The minimum absolute atomic E-state index is 0.00214. The summed E-state index contributed by atoms with van der Waals surface area (Å²) in [7, 11) is 0. The summed E-state index contributed by atoms with van der Waals surface area (Å²) in [6.45, 7) is 1.80. The Hall–Kier alpha value is -3.40. The molecule has 0 N–H and O–H groups in total. The van der Waals surface area contributed by atoms with Crippen LogP contribution in [0.5, 0.6) is 0 Å². The number of amides is 1. The minimum Gasteiger partial charge on any atom is -0.343 e. The molecule has 3 aromatic rings. The summed E-state index contributed by atoms with van der Waals surface area (Å²) in [6.07, 6.45) is 2.06. The molecular weight excluding hydrogens is 438 g/mol. The number of carbonyl (C=O) groups is 1. The molecule has 166 valence electrons. The van der Waals surface area contributed by atoms with Gasteiger partial charge in [0.1, 0.15) is 11.5 Å². The molecule has 0 bridgehead atoms. The lowest BCUT2D eigenvalue weighted by molar-refractivity contribution is -0.384. The van der Waals surface area contributed by atoms with Gasteiger partial charge in [0.2, 0.25) is 5.91 Å². The van der Waals surface area contributed by atoms with Crippen molar-refractivity contribution < 1.29 is 18.5 Å². The Bertz CT molecular complexity index is 1240. The molecule has 0 spiro atoms. The fraction of sp³-hybridized carbons (Fsp3) is 0.273. The molecule has 1 saturated heterocycles. The highest BCUT2D eigenvalue weighted by molar-refractivity contribution is 7.07. The predicted molar refractivity (Wildman–Crippen MR) is 116 cm³/mol. The van der Waals surface area contributed by atoms with Gasteiger partial charge < -0.3 is 9.47 Å². The zero-order valence-corrected chi connectivity index (χ0v) is 17.9. The molecule has 2 heterocycles. The van der Waals surface area contributed by atoms with Crippen molar-refractivity contribution >= 4 is 28.6 Å². The van der Waals surface area contributed by atoms with E-state index in [2.05, 4.69) is 4.99 Å². The smallest absolute Gasteiger partial charge is 0.270 e. The molecule has 4 rings (SSSR count). The van der Waals surface area contributed by atoms with Gasteiger partial charge in [-0.15, -0.1) is 11.3 Å². The average molecular weight is 458 g/mol. The number of nitrogens with zero attached hydrogens (tertiary/aromatic N) is 4. The van der Waals surface area contributed by atoms with Crippen molar-refractivity contribution in [3.8, 4) is 11.3 Å². The Balaban J connectivity index is 1.71. The van der Waals surface area contributed by atoms with Crippen molar-refractivity contribution in [1.29, 1.82) is 0 Å². The molecule has 1 aliphatic rings. The quantitative estimate of drug-likeness (QED) is 0.382. The van der Waals surface area contributed by atoms with Gasteiger partial charge >= 0.3 is 0 Å². The second-order valence-corrected chi connectivity index (χ2v) is 8.24. The van der Waals surface area contributed by atoms with Gasteiger partial charge in [0.25, 0.3) is 5.69 Å². The Labute approximate surface area is 186 Å². The van der Waals surface area contributed by atoms with Crippen molar-refractivity contribution in [2.45, 2.75) is 25.8 Å². The Morgan fingerprint density at radius 2 is 2.00 bits per heavy atom. The largest absolute Gasteiger partial charge is 0.343 e. The third-order valence-electron chi connectivity index (χ3n) is 5.26. The summed E-state index contributed by atoms with van der Waals surface area (Å²) < 4.78 is 29.3. The lowest BCUT2D eigenvalue weighted by atomic mass is 10.1. The fourth-order valence-corrected chi connectivity index (χ4v) is 4.63. The number of thiazole rings is 1. The first-order chi connectivity index (χ1) is 15.4. The number of nitro benzene ring substituents is 1. The van der Waals surface area contributed by atoms with E-state index < -0.39 is 16.6 Å². The normalized spacial score (nSPS) is 14.4. The molecule has 7 nitrogen and oxygen atoms in total. The van der Waals surface area contributed by atoms with Crippen LogP contribution in [0.1, 0.15) is 19.3 Å². The van der Waals surface area contributed by atoms with E-state index in [0.29, 0.717) is 42.0 Å². The van der Waals surface area contributed by atoms with Crippen LogP contribution in [0, 0.1) is 21.7 Å². The molecule has 1 aromatic heterocycles. The summed E-state index contributed by atoms with van der Waals surface area (Å²) in [5.74, 6) is -1.32. The van der Waals surface area contributed by atoms with Gasteiger partial charge in [-0.2, -0.15) is 0 Å². The van der Waals surface area contributed by atoms with Crippen molar-refractivity contribution in [2.24, 2.45) is 4.99 Å². The van der Waals surface area contributed by atoms with Crippen molar-refractivity contribution in [3.63, 3.8) is 0 Å². The van der Waals surface area contributed by atoms with Crippen molar-refractivity contribution in [2.75, 3.05) is 13.1 Å². The molecule has 0 radical (unpaired) electrons. The van der Waals surface area contributed by atoms with Gasteiger partial charge in [-0.3, -0.25) is 14.9 Å². The summed E-state index contributed by atoms with van der Waals surface area (Å²) >= 11 is 1.26. The van der Waals surface area contributed by atoms with Gasteiger partial charge in [-0.25, -0.2) is 13.8 Å². The second-order valence-electron chi connectivity index (χ2n) is 7.41. The van der Waals surface area contributed by atoms with Crippen LogP contribution in [0.3, 0.4) is 0 Å². The van der Waals surface area contributed by atoms with Crippen LogP contribution >= 0.6 is 11.3 Å². The summed E-state index contributed by atoms with van der Waals surface area (Å²) in [5, 5.41) is 13.0. The van der Waals surface area contributed by atoms with E-state index in [0.717, 1.165) is 25.1 Å². The number of hydrogen-bond donors (Lipinski definition) is 0. The number of benzene rings is 2. The lowest BCUT2D eigenvalue weighted by Gasteiger charge is -2.16. The van der Waals surface area contributed by atoms with Gasteiger partial charge in [0.15, 0.2) is 10.6 Å². The molecular formula is C22H20F2N4O3S. The van der Waals surface area contributed by atoms with E-state index >= 15 is 0 Å². The molecule has 0 unspecified atom stereocenters. The van der Waals surface area contributed by atoms with Crippen LogP contribution in [0.4, 0.5) is 20.2 Å². The van der Waals surface area contributed by atoms with E-state index in [9.17, 15) is 23.7 Å². The molecule has 0 aliphatic carbocycles. The number of aromatic nitrogens is 1. The molecule has 1 fully saturated rings. The molecule has 1 aliphatic heterocycles.